The van der Waals surface area contributed by atoms with E-state index in [0.717, 1.165) is 0 Å². The van der Waals surface area contributed by atoms with Gasteiger partial charge in [0.25, 0.3) is 0 Å². The monoisotopic (exact) mass is 217 g/mol. The van der Waals surface area contributed by atoms with Crippen molar-refractivity contribution >= 4 is 23.2 Å². The summed E-state index contributed by atoms with van der Waals surface area (Å²) in [5, 5.41) is 6.75. The molecule has 6 heteroatoms. The third-order valence-electron chi connectivity index (χ3n) is 1.69. The van der Waals surface area contributed by atoms with Crippen LogP contribution < -0.4 is 16.4 Å². The van der Waals surface area contributed by atoms with Crippen LogP contribution in [0.15, 0.2) is 0 Å². The normalized spacial score (nSPS) is 14.9. The molecule has 4 N–H and O–H groups in total. The Hall–Kier alpha value is -0.880. The van der Waals surface area contributed by atoms with Gasteiger partial charge in [0.1, 0.15) is 6.61 Å². The average Bonchev–Trinajstić information content (AvgIpc) is 2.87. The molecular formula is C8H15N3O2S. The maximum absolute atomic E-state index is 10.3. The minimum atomic E-state index is -0.455. The van der Waals surface area contributed by atoms with E-state index in [1.807, 2.05) is 0 Å². The number of primary amides is 1. The number of carbonyl (C=O) groups is 1. The predicted molar refractivity (Wildman–Crippen MR) is 56.8 cm³/mol. The fourth-order valence-electron chi connectivity index (χ4n) is 0.874. The van der Waals surface area contributed by atoms with Gasteiger partial charge in [-0.3, -0.25) is 4.79 Å². The standard InChI is InChI=1S/C8H15N3O2S/c9-7(12)5-13-4-3-10-8(14)11-6-1-2-6/h6H,1-5H2,(H2,9,12)(H2,10,11,14). The number of hydrogen-bond donors (Lipinski definition) is 3. The van der Waals surface area contributed by atoms with Crippen molar-refractivity contribution in [2.75, 3.05) is 19.8 Å². The van der Waals surface area contributed by atoms with Crippen LogP contribution in [0.4, 0.5) is 0 Å². The van der Waals surface area contributed by atoms with Crippen molar-refractivity contribution in [2.45, 2.75) is 18.9 Å². The maximum atomic E-state index is 10.3. The van der Waals surface area contributed by atoms with Crippen LogP contribution >= 0.6 is 12.2 Å². The summed E-state index contributed by atoms with van der Waals surface area (Å²) in [7, 11) is 0. The molecule has 1 rings (SSSR count). The lowest BCUT2D eigenvalue weighted by molar-refractivity contribution is -0.122. The van der Waals surface area contributed by atoms with E-state index >= 15 is 0 Å². The van der Waals surface area contributed by atoms with Crippen LogP contribution in [0.3, 0.4) is 0 Å². The summed E-state index contributed by atoms with van der Waals surface area (Å²) in [5.41, 5.74) is 4.89. The van der Waals surface area contributed by atoms with Crippen LogP contribution in [-0.4, -0.2) is 36.8 Å². The van der Waals surface area contributed by atoms with Gasteiger partial charge in [0.2, 0.25) is 5.91 Å². The molecule has 0 aromatic heterocycles. The first kappa shape index (κ1) is 11.2. The Balaban J connectivity index is 1.87. The smallest absolute Gasteiger partial charge is 0.243 e. The van der Waals surface area contributed by atoms with Crippen LogP contribution in [0.2, 0.25) is 0 Å². The Kier molecular flexibility index (Phi) is 4.61. The summed E-state index contributed by atoms with van der Waals surface area (Å²) in [6.07, 6.45) is 2.39. The molecule has 0 aromatic rings. The lowest BCUT2D eigenvalue weighted by Gasteiger charge is -2.08. The highest BCUT2D eigenvalue weighted by molar-refractivity contribution is 7.80. The van der Waals surface area contributed by atoms with Gasteiger partial charge in [-0.2, -0.15) is 0 Å². The first-order valence-corrected chi connectivity index (χ1v) is 4.99. The number of ether oxygens (including phenoxy) is 1. The zero-order valence-corrected chi connectivity index (χ0v) is 8.73. The van der Waals surface area contributed by atoms with Gasteiger partial charge >= 0.3 is 0 Å². The van der Waals surface area contributed by atoms with Gasteiger partial charge in [0, 0.05) is 12.6 Å². The molecule has 14 heavy (non-hydrogen) atoms. The van der Waals surface area contributed by atoms with E-state index in [9.17, 15) is 4.79 Å². The quantitative estimate of drug-likeness (QED) is 0.398. The summed E-state index contributed by atoms with van der Waals surface area (Å²) in [5.74, 6) is -0.455. The number of nitrogens with one attached hydrogen (secondary N) is 2. The molecule has 0 saturated heterocycles. The van der Waals surface area contributed by atoms with E-state index in [1.165, 1.54) is 12.8 Å². The largest absolute Gasteiger partial charge is 0.370 e. The fourth-order valence-corrected chi connectivity index (χ4v) is 1.14. The second-order valence-corrected chi connectivity index (χ2v) is 3.60. The summed E-state index contributed by atoms with van der Waals surface area (Å²) >= 11 is 5.00. The van der Waals surface area contributed by atoms with E-state index in [0.29, 0.717) is 24.3 Å². The minimum Gasteiger partial charge on any atom is -0.370 e. The molecule has 1 aliphatic carbocycles. The fraction of sp³-hybridized carbons (Fsp3) is 0.750. The van der Waals surface area contributed by atoms with E-state index in [4.69, 9.17) is 22.7 Å². The molecule has 0 spiro atoms. The first-order chi connectivity index (χ1) is 6.68. The number of carbonyl (C=O) groups excluding carboxylic acids is 1. The molecule has 0 bridgehead atoms. The molecule has 1 saturated carbocycles. The van der Waals surface area contributed by atoms with Crippen molar-refractivity contribution in [3.8, 4) is 0 Å². The molecule has 0 unspecified atom stereocenters. The summed E-state index contributed by atoms with van der Waals surface area (Å²) in [6, 6.07) is 0.557. The summed E-state index contributed by atoms with van der Waals surface area (Å²) in [4.78, 5) is 10.3. The van der Waals surface area contributed by atoms with E-state index in [-0.39, 0.29) is 6.61 Å². The molecular weight excluding hydrogens is 202 g/mol. The number of rotatable bonds is 6. The molecule has 1 amide bonds. The Morgan fingerprint density at radius 1 is 1.57 bits per heavy atom. The van der Waals surface area contributed by atoms with Crippen molar-refractivity contribution in [1.82, 2.24) is 10.6 Å². The Bertz CT molecular complexity index is 219. The zero-order valence-electron chi connectivity index (χ0n) is 7.91. The van der Waals surface area contributed by atoms with Crippen LogP contribution in [0.25, 0.3) is 0 Å². The molecule has 1 fully saturated rings. The third-order valence-corrected chi connectivity index (χ3v) is 1.95. The Morgan fingerprint density at radius 3 is 2.86 bits per heavy atom. The zero-order chi connectivity index (χ0) is 10.4. The molecule has 80 valence electrons. The number of nitrogens with two attached hydrogens (primary N) is 1. The van der Waals surface area contributed by atoms with E-state index < -0.39 is 5.91 Å². The molecule has 5 nitrogen and oxygen atoms in total. The second kappa shape index (κ2) is 5.77. The maximum Gasteiger partial charge on any atom is 0.243 e. The van der Waals surface area contributed by atoms with Gasteiger partial charge in [0.15, 0.2) is 5.11 Å². The SMILES string of the molecule is NC(=O)COCCNC(=S)NC1CC1. The molecule has 0 radical (unpaired) electrons. The van der Waals surface area contributed by atoms with Crippen LogP contribution in [-0.2, 0) is 9.53 Å². The highest BCUT2D eigenvalue weighted by Crippen LogP contribution is 2.18. The molecule has 1 aliphatic rings. The topological polar surface area (TPSA) is 76.4 Å². The summed E-state index contributed by atoms with van der Waals surface area (Å²) < 4.78 is 4.94. The molecule has 0 atom stereocenters. The van der Waals surface area contributed by atoms with Gasteiger partial charge in [-0.05, 0) is 25.1 Å². The second-order valence-electron chi connectivity index (χ2n) is 3.19. The predicted octanol–water partition coefficient (Wildman–Crippen LogP) is -0.885. The highest BCUT2D eigenvalue weighted by atomic mass is 32.1. The van der Waals surface area contributed by atoms with Crippen LogP contribution in [0.1, 0.15) is 12.8 Å². The van der Waals surface area contributed by atoms with Crippen molar-refractivity contribution in [3.63, 3.8) is 0 Å². The van der Waals surface area contributed by atoms with Crippen molar-refractivity contribution < 1.29 is 9.53 Å². The van der Waals surface area contributed by atoms with Gasteiger partial charge in [0.05, 0.1) is 6.61 Å². The van der Waals surface area contributed by atoms with Crippen molar-refractivity contribution in [1.29, 1.82) is 0 Å². The van der Waals surface area contributed by atoms with Crippen molar-refractivity contribution in [2.24, 2.45) is 5.73 Å². The Morgan fingerprint density at radius 2 is 2.29 bits per heavy atom. The lowest BCUT2D eigenvalue weighted by Crippen LogP contribution is -2.38. The van der Waals surface area contributed by atoms with E-state index in [1.54, 1.807) is 0 Å². The third kappa shape index (κ3) is 5.71. The van der Waals surface area contributed by atoms with Gasteiger partial charge in [-0.15, -0.1) is 0 Å². The Labute approximate surface area is 88.4 Å². The van der Waals surface area contributed by atoms with Gasteiger partial charge < -0.3 is 21.1 Å². The first-order valence-electron chi connectivity index (χ1n) is 4.59. The molecule has 0 aromatic carbocycles. The van der Waals surface area contributed by atoms with Crippen molar-refractivity contribution in [3.05, 3.63) is 0 Å². The minimum absolute atomic E-state index is 0.0372. The van der Waals surface area contributed by atoms with E-state index in [2.05, 4.69) is 10.6 Å². The lowest BCUT2D eigenvalue weighted by atomic mass is 10.6. The number of amides is 1. The summed E-state index contributed by atoms with van der Waals surface area (Å²) in [6.45, 7) is 0.978. The molecule has 0 heterocycles. The molecule has 0 aliphatic heterocycles. The number of hydrogen-bond acceptors (Lipinski definition) is 3. The van der Waals surface area contributed by atoms with Crippen LogP contribution in [0.5, 0.6) is 0 Å². The average molecular weight is 217 g/mol. The highest BCUT2D eigenvalue weighted by Gasteiger charge is 2.21. The number of thiocarbonyl (C=S) groups is 1. The van der Waals surface area contributed by atoms with Gasteiger partial charge in [-0.25, -0.2) is 0 Å². The van der Waals surface area contributed by atoms with Crippen LogP contribution in [0, 0.1) is 0 Å². The van der Waals surface area contributed by atoms with Gasteiger partial charge in [-0.1, -0.05) is 0 Å².